The molecule has 6 atom stereocenters. The number of carboxylic acids is 1. The Kier molecular flexibility index (Phi) is 12.2. The lowest BCUT2D eigenvalue weighted by molar-refractivity contribution is -0.163. The second-order valence-electron chi connectivity index (χ2n) is 4.50. The lowest BCUT2D eigenvalue weighted by Gasteiger charge is -2.23. The van der Waals surface area contributed by atoms with Crippen molar-refractivity contribution >= 4 is 18.2 Å². The summed E-state index contributed by atoms with van der Waals surface area (Å²) < 4.78 is 4.37. The first-order chi connectivity index (χ1) is 10.4. The minimum absolute atomic E-state index is 0.0115. The van der Waals surface area contributed by atoms with Crippen LogP contribution in [0.2, 0.25) is 0 Å². The van der Waals surface area contributed by atoms with Crippen molar-refractivity contribution in [1.29, 1.82) is 0 Å². The first kappa shape index (κ1) is 23.6. The van der Waals surface area contributed by atoms with Gasteiger partial charge in [0.25, 0.3) is 0 Å². The number of rotatable bonds is 8. The summed E-state index contributed by atoms with van der Waals surface area (Å²) >= 11 is 0. The molecule has 23 heavy (non-hydrogen) atoms. The van der Waals surface area contributed by atoms with Gasteiger partial charge in [0.1, 0.15) is 43.2 Å². The zero-order valence-electron chi connectivity index (χ0n) is 12.5. The fourth-order valence-corrected chi connectivity index (χ4v) is 0.897. The highest BCUT2D eigenvalue weighted by Gasteiger charge is 2.31. The zero-order chi connectivity index (χ0) is 18.7. The molecule has 0 aromatic rings. The molecule has 0 aliphatic heterocycles. The average molecular weight is 342 g/mol. The molecule has 7 N–H and O–H groups in total. The summed E-state index contributed by atoms with van der Waals surface area (Å²) in [6.45, 7) is 1.66. The molecular formula is C12H22O11. The molecule has 0 bridgehead atoms. The Balaban J connectivity index is 0. The third-order valence-electron chi connectivity index (χ3n) is 2.33. The minimum Gasteiger partial charge on any atom is -0.479 e. The number of aliphatic hydroxyl groups is 6. The van der Waals surface area contributed by atoms with E-state index in [-0.39, 0.29) is 6.29 Å². The second-order valence-corrected chi connectivity index (χ2v) is 4.50. The zero-order valence-corrected chi connectivity index (χ0v) is 12.5. The van der Waals surface area contributed by atoms with Gasteiger partial charge < -0.3 is 45.3 Å². The maximum atomic E-state index is 10.8. The van der Waals surface area contributed by atoms with Gasteiger partial charge in [0.2, 0.25) is 0 Å². The van der Waals surface area contributed by atoms with Crippen molar-refractivity contribution in [2.45, 2.75) is 50.5 Å². The Bertz CT molecular complexity index is 368. The van der Waals surface area contributed by atoms with Crippen molar-refractivity contribution in [1.82, 2.24) is 0 Å². The summed E-state index contributed by atoms with van der Waals surface area (Å²) in [4.78, 5) is 30.4. The van der Waals surface area contributed by atoms with Crippen LogP contribution in [0.5, 0.6) is 0 Å². The third kappa shape index (κ3) is 10.7. The number of carboxylic acid groups (broad SMARTS) is 1. The highest BCUT2D eigenvalue weighted by molar-refractivity contribution is 5.73. The quantitative estimate of drug-likeness (QED) is 0.167. The van der Waals surface area contributed by atoms with Crippen LogP contribution in [-0.2, 0) is 19.1 Å². The standard InChI is InChI=1S/C9H16O8.C3H6O3/c1-4(11)9(16)17-3-6(13)8(15)7(14)5(12)2-10;1-2(4)3(5)6/h2,4-8,11-15H,3H2,1H3;2,4H,1H3,(H,5,6)/t4?,5-,6+,7+,8+;/m0./s1. The number of aldehydes is 1. The highest BCUT2D eigenvalue weighted by Crippen LogP contribution is 2.05. The number of carbonyl (C=O) groups is 3. The fraction of sp³-hybridized carbons (Fsp3) is 0.750. The van der Waals surface area contributed by atoms with Crippen molar-refractivity contribution in [3.05, 3.63) is 0 Å². The molecule has 0 aromatic heterocycles. The van der Waals surface area contributed by atoms with Crippen molar-refractivity contribution in [3.63, 3.8) is 0 Å². The molecule has 0 heterocycles. The minimum atomic E-state index is -1.90. The number of hydrogen-bond acceptors (Lipinski definition) is 10. The van der Waals surface area contributed by atoms with E-state index in [2.05, 4.69) is 4.74 Å². The Morgan fingerprint density at radius 3 is 1.70 bits per heavy atom. The largest absolute Gasteiger partial charge is 0.479 e. The van der Waals surface area contributed by atoms with Crippen LogP contribution in [0.4, 0.5) is 0 Å². The van der Waals surface area contributed by atoms with Gasteiger partial charge in [-0.2, -0.15) is 0 Å². The molecule has 0 aliphatic rings. The van der Waals surface area contributed by atoms with Gasteiger partial charge in [-0.1, -0.05) is 0 Å². The number of ether oxygens (including phenoxy) is 1. The Morgan fingerprint density at radius 1 is 0.957 bits per heavy atom. The van der Waals surface area contributed by atoms with Crippen molar-refractivity contribution in [2.24, 2.45) is 0 Å². The van der Waals surface area contributed by atoms with Gasteiger partial charge in [0.05, 0.1) is 0 Å². The van der Waals surface area contributed by atoms with Gasteiger partial charge in [0.15, 0.2) is 6.29 Å². The SMILES string of the molecule is CC(O)C(=O)O.CC(O)C(=O)OC[C@@H](O)[C@@H](O)[C@H](O)[C@@H](O)C=O. The summed E-state index contributed by atoms with van der Waals surface area (Å²) in [5, 5.41) is 61.1. The van der Waals surface area contributed by atoms with Crippen LogP contribution in [0.25, 0.3) is 0 Å². The maximum absolute atomic E-state index is 10.8. The molecule has 0 saturated carbocycles. The summed E-state index contributed by atoms with van der Waals surface area (Å²) in [6.07, 6.45) is -9.93. The van der Waals surface area contributed by atoms with Crippen LogP contribution in [-0.4, -0.2) is 97.2 Å². The van der Waals surface area contributed by atoms with Crippen LogP contribution in [0.3, 0.4) is 0 Å². The Hall–Kier alpha value is -1.63. The van der Waals surface area contributed by atoms with E-state index in [1.807, 2.05) is 0 Å². The van der Waals surface area contributed by atoms with Crippen molar-refractivity contribution in [3.8, 4) is 0 Å². The topological polar surface area (TPSA) is 202 Å². The van der Waals surface area contributed by atoms with E-state index < -0.39 is 55.2 Å². The van der Waals surface area contributed by atoms with E-state index in [4.69, 9.17) is 25.5 Å². The molecule has 0 aromatic carbocycles. The summed E-state index contributed by atoms with van der Waals surface area (Å²) in [6, 6.07) is 0. The second kappa shape index (κ2) is 11.9. The molecular weight excluding hydrogens is 320 g/mol. The van der Waals surface area contributed by atoms with E-state index in [9.17, 15) is 24.6 Å². The number of aliphatic hydroxyl groups excluding tert-OH is 6. The van der Waals surface area contributed by atoms with E-state index in [1.165, 1.54) is 6.92 Å². The van der Waals surface area contributed by atoms with E-state index in [0.29, 0.717) is 0 Å². The van der Waals surface area contributed by atoms with Gasteiger partial charge in [-0.15, -0.1) is 0 Å². The number of aliphatic carboxylic acids is 1. The molecule has 0 rings (SSSR count). The Labute approximate surface area is 131 Å². The first-order valence-corrected chi connectivity index (χ1v) is 6.38. The lowest BCUT2D eigenvalue weighted by Crippen LogP contribution is -2.47. The number of hydrogen-bond donors (Lipinski definition) is 7. The lowest BCUT2D eigenvalue weighted by atomic mass is 10.0. The van der Waals surface area contributed by atoms with Crippen LogP contribution < -0.4 is 0 Å². The van der Waals surface area contributed by atoms with Gasteiger partial charge in [-0.05, 0) is 13.8 Å². The molecule has 136 valence electrons. The van der Waals surface area contributed by atoms with Crippen LogP contribution in [0.1, 0.15) is 13.8 Å². The molecule has 0 radical (unpaired) electrons. The van der Waals surface area contributed by atoms with Crippen LogP contribution >= 0.6 is 0 Å². The predicted molar refractivity (Wildman–Crippen MR) is 72.0 cm³/mol. The third-order valence-corrected chi connectivity index (χ3v) is 2.33. The molecule has 0 spiro atoms. The molecule has 0 saturated heterocycles. The van der Waals surface area contributed by atoms with Crippen LogP contribution in [0.15, 0.2) is 0 Å². The maximum Gasteiger partial charge on any atom is 0.334 e. The van der Waals surface area contributed by atoms with E-state index in [1.54, 1.807) is 0 Å². The summed E-state index contributed by atoms with van der Waals surface area (Å²) in [7, 11) is 0. The Morgan fingerprint density at radius 2 is 1.39 bits per heavy atom. The van der Waals surface area contributed by atoms with Crippen LogP contribution in [0, 0.1) is 0 Å². The normalized spacial score (nSPS) is 18.3. The van der Waals surface area contributed by atoms with Gasteiger partial charge in [-0.3, -0.25) is 0 Å². The van der Waals surface area contributed by atoms with E-state index >= 15 is 0 Å². The number of esters is 1. The van der Waals surface area contributed by atoms with Gasteiger partial charge in [-0.25, -0.2) is 9.59 Å². The number of carbonyl (C=O) groups excluding carboxylic acids is 2. The monoisotopic (exact) mass is 342 g/mol. The molecule has 0 amide bonds. The molecule has 2 unspecified atom stereocenters. The predicted octanol–water partition coefficient (Wildman–Crippen LogP) is -4.00. The smallest absolute Gasteiger partial charge is 0.334 e. The summed E-state index contributed by atoms with van der Waals surface area (Å²) in [5.41, 5.74) is 0. The van der Waals surface area contributed by atoms with Gasteiger partial charge >= 0.3 is 11.9 Å². The average Bonchev–Trinajstić information content (AvgIpc) is 2.49. The summed E-state index contributed by atoms with van der Waals surface area (Å²) in [5.74, 6) is -2.20. The molecule has 0 fully saturated rings. The van der Waals surface area contributed by atoms with Crippen molar-refractivity contribution in [2.75, 3.05) is 6.61 Å². The van der Waals surface area contributed by atoms with E-state index in [0.717, 1.165) is 6.92 Å². The molecule has 11 nitrogen and oxygen atoms in total. The van der Waals surface area contributed by atoms with Crippen molar-refractivity contribution < 1.29 is 54.9 Å². The fourth-order valence-electron chi connectivity index (χ4n) is 0.897. The molecule has 11 heteroatoms. The first-order valence-electron chi connectivity index (χ1n) is 6.38. The molecule has 0 aliphatic carbocycles. The highest BCUT2D eigenvalue weighted by atomic mass is 16.6. The van der Waals surface area contributed by atoms with Gasteiger partial charge in [0, 0.05) is 0 Å².